The molecule has 2 rings (SSSR count). The van der Waals surface area contributed by atoms with Gasteiger partial charge in [0, 0.05) is 25.0 Å². The minimum atomic E-state index is -0.408. The van der Waals surface area contributed by atoms with Gasteiger partial charge in [0.25, 0.3) is 0 Å². The van der Waals surface area contributed by atoms with E-state index in [4.69, 9.17) is 4.74 Å². The summed E-state index contributed by atoms with van der Waals surface area (Å²) in [4.78, 5) is 15.3. The Balaban J connectivity index is 1.91. The van der Waals surface area contributed by atoms with Gasteiger partial charge in [0.2, 0.25) is 0 Å². The largest absolute Gasteiger partial charge is 0.493 e. The molecule has 1 heterocycles. The Bertz CT molecular complexity index is 553. The third-order valence-electron chi connectivity index (χ3n) is 2.70. The molecular weight excluding hydrogens is 247 g/mol. The van der Waals surface area contributed by atoms with Crippen LogP contribution in [0, 0.1) is 5.82 Å². The van der Waals surface area contributed by atoms with Crippen LogP contribution in [0.4, 0.5) is 4.39 Å². The fourth-order valence-corrected chi connectivity index (χ4v) is 1.75. The summed E-state index contributed by atoms with van der Waals surface area (Å²) in [6.07, 6.45) is 6.05. The maximum atomic E-state index is 13.1. The van der Waals surface area contributed by atoms with E-state index in [-0.39, 0.29) is 5.78 Å². The highest BCUT2D eigenvalue weighted by Crippen LogP contribution is 2.20. The number of hydrogen-bond acceptors (Lipinski definition) is 3. The predicted octanol–water partition coefficient (Wildman–Crippen LogP) is 2.69. The molecule has 0 saturated heterocycles. The first-order chi connectivity index (χ1) is 9.16. The fraction of sp³-hybridized carbons (Fsp3) is 0.286. The molecule has 0 N–H and O–H groups in total. The van der Waals surface area contributed by atoms with E-state index >= 15 is 0 Å². The van der Waals surface area contributed by atoms with Crippen molar-refractivity contribution in [3.05, 3.63) is 48.3 Å². The van der Waals surface area contributed by atoms with Crippen LogP contribution >= 0.6 is 0 Å². The molecule has 0 aliphatic carbocycles. The van der Waals surface area contributed by atoms with Gasteiger partial charge in [-0.2, -0.15) is 0 Å². The smallest absolute Gasteiger partial charge is 0.163 e. The minimum Gasteiger partial charge on any atom is -0.493 e. The quantitative estimate of drug-likeness (QED) is 0.594. The zero-order chi connectivity index (χ0) is 13.7. The average molecular weight is 262 g/mol. The molecule has 0 bridgehead atoms. The van der Waals surface area contributed by atoms with Crippen LogP contribution in [-0.4, -0.2) is 21.9 Å². The van der Waals surface area contributed by atoms with Gasteiger partial charge in [0.05, 0.1) is 18.5 Å². The summed E-state index contributed by atoms with van der Waals surface area (Å²) in [6.45, 7) is 2.62. The van der Waals surface area contributed by atoms with Gasteiger partial charge in [-0.3, -0.25) is 4.79 Å². The van der Waals surface area contributed by atoms with E-state index in [1.54, 1.807) is 12.5 Å². The highest BCUT2D eigenvalue weighted by Gasteiger charge is 2.09. The molecule has 1 aromatic carbocycles. The van der Waals surface area contributed by atoms with E-state index in [1.165, 1.54) is 25.1 Å². The molecule has 2 aromatic rings. The van der Waals surface area contributed by atoms with Crippen molar-refractivity contribution in [1.29, 1.82) is 0 Å². The number of ketones is 1. The van der Waals surface area contributed by atoms with Crippen LogP contribution in [0.25, 0.3) is 0 Å². The third kappa shape index (κ3) is 3.64. The van der Waals surface area contributed by atoms with Crippen LogP contribution in [0.3, 0.4) is 0 Å². The van der Waals surface area contributed by atoms with Crippen molar-refractivity contribution in [3.63, 3.8) is 0 Å². The second kappa shape index (κ2) is 6.13. The van der Waals surface area contributed by atoms with Crippen molar-refractivity contribution in [2.75, 3.05) is 6.61 Å². The third-order valence-corrected chi connectivity index (χ3v) is 2.70. The number of Topliss-reactive ketones (excluding diaryl/α,β-unsaturated/α-hetero) is 1. The molecule has 0 amide bonds. The molecule has 0 atom stereocenters. The number of aryl methyl sites for hydroxylation is 1. The zero-order valence-electron chi connectivity index (χ0n) is 10.7. The first kappa shape index (κ1) is 13.3. The predicted molar refractivity (Wildman–Crippen MR) is 68.7 cm³/mol. The molecule has 5 heteroatoms. The fourth-order valence-electron chi connectivity index (χ4n) is 1.75. The number of benzene rings is 1. The molecule has 0 unspecified atom stereocenters. The van der Waals surface area contributed by atoms with Gasteiger partial charge in [0.1, 0.15) is 11.6 Å². The topological polar surface area (TPSA) is 44.1 Å². The summed E-state index contributed by atoms with van der Waals surface area (Å²) in [7, 11) is 0. The second-order valence-corrected chi connectivity index (χ2v) is 4.20. The molecule has 0 radical (unpaired) electrons. The number of carbonyl (C=O) groups excluding carboxylic acids is 1. The first-order valence-corrected chi connectivity index (χ1v) is 6.06. The van der Waals surface area contributed by atoms with Gasteiger partial charge in [-0.05, 0) is 25.5 Å². The van der Waals surface area contributed by atoms with Crippen molar-refractivity contribution in [2.45, 2.75) is 19.9 Å². The van der Waals surface area contributed by atoms with Crippen molar-refractivity contribution >= 4 is 5.78 Å². The van der Waals surface area contributed by atoms with Crippen LogP contribution in [0.15, 0.2) is 36.9 Å². The number of imidazole rings is 1. The lowest BCUT2D eigenvalue weighted by atomic mass is 10.1. The molecule has 0 saturated carbocycles. The molecule has 0 aliphatic heterocycles. The second-order valence-electron chi connectivity index (χ2n) is 4.20. The molecule has 0 aliphatic rings. The number of halogens is 1. The highest BCUT2D eigenvalue weighted by atomic mass is 19.1. The number of carbonyl (C=O) groups is 1. The summed E-state index contributed by atoms with van der Waals surface area (Å²) in [6, 6.07) is 3.95. The van der Waals surface area contributed by atoms with E-state index in [2.05, 4.69) is 4.98 Å². The van der Waals surface area contributed by atoms with Crippen molar-refractivity contribution < 1.29 is 13.9 Å². The van der Waals surface area contributed by atoms with Crippen LogP contribution in [0.1, 0.15) is 23.7 Å². The van der Waals surface area contributed by atoms with E-state index in [1.807, 2.05) is 10.8 Å². The van der Waals surface area contributed by atoms with Gasteiger partial charge in [-0.1, -0.05) is 0 Å². The van der Waals surface area contributed by atoms with Crippen LogP contribution < -0.4 is 4.74 Å². The van der Waals surface area contributed by atoms with Crippen LogP contribution in [-0.2, 0) is 6.54 Å². The Morgan fingerprint density at radius 1 is 1.47 bits per heavy atom. The number of ether oxygens (including phenoxy) is 1. The lowest BCUT2D eigenvalue weighted by Gasteiger charge is -2.10. The molecule has 0 spiro atoms. The Kier molecular flexibility index (Phi) is 4.28. The highest BCUT2D eigenvalue weighted by molar-refractivity contribution is 5.96. The Morgan fingerprint density at radius 3 is 3.00 bits per heavy atom. The molecule has 100 valence electrons. The van der Waals surface area contributed by atoms with Gasteiger partial charge in [-0.25, -0.2) is 9.37 Å². The standard InChI is InChI=1S/C14H15FN2O2/c1-11(18)13-4-3-12(15)9-14(13)19-8-2-6-17-7-5-16-10-17/h3-5,7,9-10H,2,6,8H2,1H3. The lowest BCUT2D eigenvalue weighted by molar-refractivity contribution is 0.101. The van der Waals surface area contributed by atoms with Gasteiger partial charge in [0.15, 0.2) is 5.78 Å². The van der Waals surface area contributed by atoms with Crippen molar-refractivity contribution in [3.8, 4) is 5.75 Å². The molecule has 1 aromatic heterocycles. The monoisotopic (exact) mass is 262 g/mol. The van der Waals surface area contributed by atoms with Gasteiger partial charge < -0.3 is 9.30 Å². The molecular formula is C14H15FN2O2. The summed E-state index contributed by atoms with van der Waals surface area (Å²) < 4.78 is 20.6. The molecule has 4 nitrogen and oxygen atoms in total. The minimum absolute atomic E-state index is 0.135. The number of nitrogens with zero attached hydrogens (tertiary/aromatic N) is 2. The summed E-state index contributed by atoms with van der Waals surface area (Å²) >= 11 is 0. The van der Waals surface area contributed by atoms with Gasteiger partial charge in [-0.15, -0.1) is 0 Å². The summed E-state index contributed by atoms with van der Waals surface area (Å²) in [5.41, 5.74) is 0.407. The summed E-state index contributed by atoms with van der Waals surface area (Å²) in [5, 5.41) is 0. The van der Waals surface area contributed by atoms with E-state index in [0.717, 1.165) is 13.0 Å². The lowest BCUT2D eigenvalue weighted by Crippen LogP contribution is -2.06. The van der Waals surface area contributed by atoms with E-state index in [0.29, 0.717) is 17.9 Å². The maximum absolute atomic E-state index is 13.1. The normalized spacial score (nSPS) is 10.4. The summed E-state index contributed by atoms with van der Waals surface area (Å²) in [5.74, 6) is -0.239. The van der Waals surface area contributed by atoms with Crippen molar-refractivity contribution in [2.24, 2.45) is 0 Å². The Labute approximate surface area is 110 Å². The zero-order valence-corrected chi connectivity index (χ0v) is 10.7. The number of hydrogen-bond donors (Lipinski definition) is 0. The Hall–Kier alpha value is -2.17. The first-order valence-electron chi connectivity index (χ1n) is 6.06. The number of rotatable bonds is 6. The van der Waals surface area contributed by atoms with Crippen molar-refractivity contribution in [1.82, 2.24) is 9.55 Å². The maximum Gasteiger partial charge on any atom is 0.163 e. The average Bonchev–Trinajstić information content (AvgIpc) is 2.87. The molecule has 0 fully saturated rings. The van der Waals surface area contributed by atoms with E-state index < -0.39 is 5.82 Å². The number of aromatic nitrogens is 2. The van der Waals surface area contributed by atoms with Crippen LogP contribution in [0.2, 0.25) is 0 Å². The van der Waals surface area contributed by atoms with E-state index in [9.17, 15) is 9.18 Å². The Morgan fingerprint density at radius 2 is 2.32 bits per heavy atom. The molecule has 19 heavy (non-hydrogen) atoms. The van der Waals surface area contributed by atoms with Gasteiger partial charge >= 0.3 is 0 Å². The SMILES string of the molecule is CC(=O)c1ccc(F)cc1OCCCn1ccnc1. The van der Waals surface area contributed by atoms with Crippen LogP contribution in [0.5, 0.6) is 5.75 Å².